The fraction of sp³-hybridized carbons (Fsp3) is 0.257. The average Bonchev–Trinajstić information content (AvgIpc) is 2.96. The van der Waals surface area contributed by atoms with Crippen LogP contribution in [0.1, 0.15) is 55.9 Å². The average molecular weight is 512 g/mol. The van der Waals surface area contributed by atoms with Crippen LogP contribution in [0.4, 0.5) is 5.69 Å². The van der Waals surface area contributed by atoms with E-state index in [9.17, 15) is 5.26 Å². The van der Waals surface area contributed by atoms with Gasteiger partial charge in [-0.25, -0.2) is 10.1 Å². The Morgan fingerprint density at radius 3 is 2.26 bits per heavy atom. The number of hydrogen-bond donors (Lipinski definition) is 0. The van der Waals surface area contributed by atoms with Gasteiger partial charge in [-0.1, -0.05) is 72.8 Å². The Morgan fingerprint density at radius 1 is 1.00 bits per heavy atom. The number of benzene rings is 3. The quantitative estimate of drug-likeness (QED) is 0.262. The highest BCUT2D eigenvalue weighted by molar-refractivity contribution is 5.64. The van der Waals surface area contributed by atoms with Crippen molar-refractivity contribution in [2.24, 2.45) is 0 Å². The maximum atomic E-state index is 9.76. The number of allylic oxidation sites excluding steroid dienone is 3. The van der Waals surface area contributed by atoms with Crippen molar-refractivity contribution < 1.29 is 4.74 Å². The lowest BCUT2D eigenvalue weighted by atomic mass is 9.79. The van der Waals surface area contributed by atoms with Gasteiger partial charge in [-0.3, -0.25) is 0 Å². The predicted molar refractivity (Wildman–Crippen MR) is 158 cm³/mol. The summed E-state index contributed by atoms with van der Waals surface area (Å²) in [6.45, 7) is 15.5. The number of ether oxygens (including phenoxy) is 1. The van der Waals surface area contributed by atoms with Gasteiger partial charge in [0.05, 0.1) is 12.6 Å². The Hall–Kier alpha value is -4.54. The summed E-state index contributed by atoms with van der Waals surface area (Å²) < 4.78 is 6.83. The highest BCUT2D eigenvalue weighted by Crippen LogP contribution is 2.45. The van der Waals surface area contributed by atoms with Gasteiger partial charge in [-0.2, -0.15) is 0 Å². The maximum Gasteiger partial charge on any atom is 0.265 e. The van der Waals surface area contributed by atoms with E-state index < -0.39 is 5.60 Å². The van der Waals surface area contributed by atoms with Gasteiger partial charge in [-0.05, 0) is 74.6 Å². The molecule has 0 unspecified atom stereocenters. The van der Waals surface area contributed by atoms with Crippen LogP contribution >= 0.6 is 0 Å². The zero-order valence-corrected chi connectivity index (χ0v) is 22.8. The molecule has 0 bridgehead atoms. The van der Waals surface area contributed by atoms with Crippen LogP contribution in [-0.2, 0) is 16.8 Å². The maximum absolute atomic E-state index is 9.76. The second kappa shape index (κ2) is 10.7. The van der Waals surface area contributed by atoms with Gasteiger partial charge in [-0.15, -0.1) is 0 Å². The van der Waals surface area contributed by atoms with Crippen LogP contribution in [0.25, 0.3) is 10.9 Å². The molecule has 0 N–H and O–H groups in total. The molecule has 0 aromatic heterocycles. The lowest BCUT2D eigenvalue weighted by Gasteiger charge is -2.41. The summed E-state index contributed by atoms with van der Waals surface area (Å²) in [4.78, 5) is 6.04. The molecule has 2 heterocycles. The van der Waals surface area contributed by atoms with Gasteiger partial charge in [0.2, 0.25) is 0 Å². The number of hydrogen-bond acceptors (Lipinski definition) is 3. The molecule has 3 aromatic rings. The van der Waals surface area contributed by atoms with Crippen LogP contribution in [0, 0.1) is 17.9 Å². The van der Waals surface area contributed by atoms with Crippen LogP contribution in [0.2, 0.25) is 0 Å². The van der Waals surface area contributed by atoms with Crippen molar-refractivity contribution in [3.63, 3.8) is 0 Å². The largest absolute Gasteiger partial charge is 0.478 e. The SMILES string of the molecule is [C-]#[N+]/C(C#N)=C1C=C(/C=C/c2ccc3c(c2)CCCN3C(C)(C)C)OC(c2ccccc2)(c2ccccc2)C\1. The predicted octanol–water partition coefficient (Wildman–Crippen LogP) is 8.20. The van der Waals surface area contributed by atoms with Crippen LogP contribution in [0.3, 0.4) is 0 Å². The van der Waals surface area contributed by atoms with Gasteiger partial charge in [0.25, 0.3) is 5.70 Å². The van der Waals surface area contributed by atoms with E-state index in [0.29, 0.717) is 17.8 Å². The van der Waals surface area contributed by atoms with E-state index >= 15 is 0 Å². The standard InChI is InChI=1S/C35H33N3O/c1-34(2,3)38-21-11-12-27-22-26(18-20-33(27)38)17-19-31-23-28(32(25-36)37-4)24-35(39-31,29-13-7-5-8-14-29)30-15-9-6-10-16-30/h5-10,13-20,22-23H,11-12,21,24H2,1-3H3/b19-17+,32-28+. The van der Waals surface area contributed by atoms with Crippen LogP contribution in [-0.4, -0.2) is 12.1 Å². The Bertz CT molecular complexity index is 1470. The number of fused-ring (bicyclic) bond motifs is 1. The minimum Gasteiger partial charge on any atom is -0.478 e. The molecule has 2 aliphatic heterocycles. The summed E-state index contributed by atoms with van der Waals surface area (Å²) in [5.74, 6) is 0.620. The molecule has 39 heavy (non-hydrogen) atoms. The first-order valence-corrected chi connectivity index (χ1v) is 13.5. The molecule has 0 aliphatic carbocycles. The number of nitriles is 1. The third-order valence-electron chi connectivity index (χ3n) is 7.52. The number of aryl methyl sites for hydroxylation is 1. The molecule has 0 amide bonds. The first-order chi connectivity index (χ1) is 18.8. The van der Waals surface area contributed by atoms with Crippen molar-refractivity contribution >= 4 is 11.8 Å². The molecular formula is C35H33N3O. The first kappa shape index (κ1) is 26.1. The Morgan fingerprint density at radius 2 is 1.67 bits per heavy atom. The molecule has 4 nitrogen and oxygen atoms in total. The molecule has 2 aliphatic rings. The van der Waals surface area contributed by atoms with Gasteiger partial charge in [0.15, 0.2) is 5.60 Å². The van der Waals surface area contributed by atoms with Crippen molar-refractivity contribution in [2.45, 2.75) is 51.2 Å². The van der Waals surface area contributed by atoms with Gasteiger partial charge in [0, 0.05) is 35.3 Å². The van der Waals surface area contributed by atoms with E-state index in [-0.39, 0.29) is 11.2 Å². The van der Waals surface area contributed by atoms with Crippen molar-refractivity contribution in [1.82, 2.24) is 0 Å². The smallest absolute Gasteiger partial charge is 0.265 e. The molecular weight excluding hydrogens is 478 g/mol. The fourth-order valence-electron chi connectivity index (χ4n) is 5.66. The van der Waals surface area contributed by atoms with Crippen molar-refractivity contribution in [1.29, 1.82) is 5.26 Å². The Labute approximate surface area is 232 Å². The second-order valence-electron chi connectivity index (χ2n) is 11.1. The molecule has 0 saturated carbocycles. The lowest BCUT2D eigenvalue weighted by molar-refractivity contribution is 0.0348. The van der Waals surface area contributed by atoms with Crippen molar-refractivity contribution in [3.8, 4) is 6.07 Å². The summed E-state index contributed by atoms with van der Waals surface area (Å²) in [5, 5.41) is 9.76. The molecule has 0 fully saturated rings. The van der Waals surface area contributed by atoms with E-state index in [4.69, 9.17) is 11.3 Å². The summed E-state index contributed by atoms with van der Waals surface area (Å²) >= 11 is 0. The van der Waals surface area contributed by atoms with E-state index in [1.54, 1.807) is 0 Å². The van der Waals surface area contributed by atoms with Gasteiger partial charge < -0.3 is 9.64 Å². The number of nitrogens with zero attached hydrogens (tertiary/aromatic N) is 3. The van der Waals surface area contributed by atoms with Crippen molar-refractivity contribution in [2.75, 3.05) is 11.4 Å². The van der Waals surface area contributed by atoms with Crippen LogP contribution < -0.4 is 4.90 Å². The molecule has 3 aromatic carbocycles. The molecule has 194 valence electrons. The zero-order chi connectivity index (χ0) is 27.5. The molecule has 0 saturated heterocycles. The van der Waals surface area contributed by atoms with Gasteiger partial charge >= 0.3 is 0 Å². The molecule has 5 rings (SSSR count). The monoisotopic (exact) mass is 511 g/mol. The minimum atomic E-state index is -0.859. The third-order valence-corrected chi connectivity index (χ3v) is 7.52. The Kier molecular flexibility index (Phi) is 7.14. The minimum absolute atomic E-state index is 0.0789. The van der Waals surface area contributed by atoms with Gasteiger partial charge in [0.1, 0.15) is 5.76 Å². The van der Waals surface area contributed by atoms with Crippen LogP contribution in [0.15, 0.2) is 108 Å². The summed E-state index contributed by atoms with van der Waals surface area (Å²) in [5.41, 5.74) is 5.72. The molecule has 4 heteroatoms. The fourth-order valence-corrected chi connectivity index (χ4v) is 5.66. The number of anilines is 1. The lowest BCUT2D eigenvalue weighted by Crippen LogP contribution is -2.44. The van der Waals surface area contributed by atoms with Crippen molar-refractivity contribution in [3.05, 3.63) is 142 Å². The summed E-state index contributed by atoms with van der Waals surface area (Å²) in [7, 11) is 0. The van der Waals surface area contributed by atoms with E-state index in [2.05, 4.69) is 60.9 Å². The second-order valence-corrected chi connectivity index (χ2v) is 11.1. The highest BCUT2D eigenvalue weighted by atomic mass is 16.5. The van der Waals surface area contributed by atoms with E-state index in [0.717, 1.165) is 36.1 Å². The number of rotatable bonds is 4. The van der Waals surface area contributed by atoms with E-state index in [1.807, 2.05) is 72.8 Å². The Balaban J connectivity index is 1.57. The van der Waals surface area contributed by atoms with Crippen LogP contribution in [0.5, 0.6) is 0 Å². The third kappa shape index (κ3) is 5.25. The molecule has 0 atom stereocenters. The molecule has 0 spiro atoms. The zero-order valence-electron chi connectivity index (χ0n) is 22.8. The topological polar surface area (TPSA) is 40.6 Å². The van der Waals surface area contributed by atoms with E-state index in [1.165, 1.54) is 11.3 Å². The summed E-state index contributed by atoms with van der Waals surface area (Å²) in [6, 6.07) is 28.9. The summed E-state index contributed by atoms with van der Waals surface area (Å²) in [6.07, 6.45) is 8.48. The molecule has 0 radical (unpaired) electrons. The highest BCUT2D eigenvalue weighted by Gasteiger charge is 2.40. The first-order valence-electron chi connectivity index (χ1n) is 13.5. The normalized spacial score (nSPS) is 17.9.